The lowest BCUT2D eigenvalue weighted by Gasteiger charge is -1.99. The maximum absolute atomic E-state index is 11.5. The minimum Gasteiger partial charge on any atom is -0.381 e. The van der Waals surface area contributed by atoms with Gasteiger partial charge in [0.25, 0.3) is 0 Å². The molecule has 0 radical (unpaired) electrons. The molecular formula is C13H14O2. The molecule has 78 valence electrons. The van der Waals surface area contributed by atoms with Crippen LogP contribution in [0.1, 0.15) is 27.9 Å². The monoisotopic (exact) mass is 202 g/mol. The highest BCUT2D eigenvalue weighted by Gasteiger charge is 2.18. The molecule has 0 N–H and O–H groups in total. The summed E-state index contributed by atoms with van der Waals surface area (Å²) < 4.78 is 4.92. The van der Waals surface area contributed by atoms with Gasteiger partial charge in [-0.05, 0) is 23.6 Å². The zero-order valence-corrected chi connectivity index (χ0v) is 8.82. The fraction of sp³-hybridized carbons (Fsp3) is 0.308. The molecule has 0 saturated carbocycles. The summed E-state index contributed by atoms with van der Waals surface area (Å²) in [4.78, 5) is 11.5. The fourth-order valence-corrected chi connectivity index (χ4v) is 1.84. The Morgan fingerprint density at radius 2 is 2.27 bits per heavy atom. The number of benzene rings is 1. The number of hydrogen-bond donors (Lipinski definition) is 0. The molecule has 0 aliphatic heterocycles. The van der Waals surface area contributed by atoms with Crippen LogP contribution >= 0.6 is 0 Å². The van der Waals surface area contributed by atoms with Gasteiger partial charge in [0, 0.05) is 19.1 Å². The Morgan fingerprint density at radius 1 is 1.40 bits per heavy atom. The molecule has 2 rings (SSSR count). The molecule has 0 saturated heterocycles. The van der Waals surface area contributed by atoms with Crippen molar-refractivity contribution in [3.63, 3.8) is 0 Å². The van der Waals surface area contributed by atoms with Crippen molar-refractivity contribution in [2.75, 3.05) is 13.7 Å². The summed E-state index contributed by atoms with van der Waals surface area (Å²) in [6.07, 6.45) is 5.49. The maximum atomic E-state index is 11.5. The number of ketones is 1. The Morgan fingerprint density at radius 3 is 3.07 bits per heavy atom. The molecule has 0 amide bonds. The van der Waals surface area contributed by atoms with E-state index in [0.29, 0.717) is 13.0 Å². The largest absolute Gasteiger partial charge is 0.381 e. The number of fused-ring (bicyclic) bond motifs is 1. The summed E-state index contributed by atoms with van der Waals surface area (Å²) >= 11 is 0. The number of methoxy groups -OCH3 is 1. The normalized spacial score (nSPS) is 14.9. The Balaban J connectivity index is 2.22. The quantitative estimate of drug-likeness (QED) is 0.752. The second-order valence-electron chi connectivity index (χ2n) is 3.70. The molecule has 0 spiro atoms. The summed E-state index contributed by atoms with van der Waals surface area (Å²) in [5.41, 5.74) is 3.15. The topological polar surface area (TPSA) is 26.3 Å². The molecule has 1 aliphatic carbocycles. The zero-order chi connectivity index (χ0) is 10.7. The van der Waals surface area contributed by atoms with Gasteiger partial charge in [0.15, 0.2) is 5.78 Å². The van der Waals surface area contributed by atoms with Crippen molar-refractivity contribution in [2.24, 2.45) is 0 Å². The summed E-state index contributed by atoms with van der Waals surface area (Å²) in [6.45, 7) is 0.602. The van der Waals surface area contributed by atoms with Gasteiger partial charge >= 0.3 is 0 Å². The summed E-state index contributed by atoms with van der Waals surface area (Å²) in [5.74, 6) is 0.270. The van der Waals surface area contributed by atoms with Crippen LogP contribution in [-0.4, -0.2) is 19.5 Å². The summed E-state index contributed by atoms with van der Waals surface area (Å²) in [5, 5.41) is 0. The molecule has 15 heavy (non-hydrogen) atoms. The van der Waals surface area contributed by atoms with Gasteiger partial charge in [0.1, 0.15) is 0 Å². The average Bonchev–Trinajstić information content (AvgIpc) is 2.61. The number of carbonyl (C=O) groups is 1. The van der Waals surface area contributed by atoms with Crippen LogP contribution in [0.4, 0.5) is 0 Å². The first-order valence-electron chi connectivity index (χ1n) is 5.13. The third-order valence-electron chi connectivity index (χ3n) is 2.63. The molecule has 1 aromatic rings. The summed E-state index contributed by atoms with van der Waals surface area (Å²) in [7, 11) is 1.66. The molecule has 0 fully saturated rings. The van der Waals surface area contributed by atoms with E-state index in [4.69, 9.17) is 4.74 Å². The van der Waals surface area contributed by atoms with Crippen molar-refractivity contribution >= 4 is 11.9 Å². The predicted octanol–water partition coefficient (Wildman–Crippen LogP) is 2.48. The lowest BCUT2D eigenvalue weighted by molar-refractivity contribution is 0.0994. The molecule has 0 bridgehead atoms. The highest BCUT2D eigenvalue weighted by atomic mass is 16.5. The van der Waals surface area contributed by atoms with Gasteiger partial charge < -0.3 is 4.74 Å². The molecule has 0 heterocycles. The van der Waals surface area contributed by atoms with Crippen LogP contribution in [0, 0.1) is 0 Å². The SMILES string of the molecule is COCC=Cc1ccc2c(c1)C(=O)CC2. The van der Waals surface area contributed by atoms with Crippen molar-refractivity contribution in [1.82, 2.24) is 0 Å². The van der Waals surface area contributed by atoms with Crippen LogP contribution in [0.15, 0.2) is 24.3 Å². The maximum Gasteiger partial charge on any atom is 0.163 e. The van der Waals surface area contributed by atoms with Crippen molar-refractivity contribution in [3.8, 4) is 0 Å². The minimum atomic E-state index is 0.270. The number of carbonyl (C=O) groups excluding carboxylic acids is 1. The van der Waals surface area contributed by atoms with Crippen LogP contribution in [-0.2, 0) is 11.2 Å². The van der Waals surface area contributed by atoms with E-state index in [1.54, 1.807) is 7.11 Å². The predicted molar refractivity (Wildman–Crippen MR) is 60.0 cm³/mol. The first kappa shape index (κ1) is 10.1. The first-order valence-corrected chi connectivity index (χ1v) is 5.13. The molecule has 1 aromatic carbocycles. The van der Waals surface area contributed by atoms with Gasteiger partial charge in [-0.25, -0.2) is 0 Å². The second kappa shape index (κ2) is 4.41. The Labute approximate surface area is 89.6 Å². The van der Waals surface area contributed by atoms with Crippen LogP contribution < -0.4 is 0 Å². The average molecular weight is 202 g/mol. The number of hydrogen-bond acceptors (Lipinski definition) is 2. The molecular weight excluding hydrogens is 188 g/mol. The van der Waals surface area contributed by atoms with E-state index >= 15 is 0 Å². The van der Waals surface area contributed by atoms with Gasteiger partial charge in [-0.15, -0.1) is 0 Å². The Kier molecular flexibility index (Phi) is 2.97. The first-order chi connectivity index (χ1) is 7.31. The minimum absolute atomic E-state index is 0.270. The number of rotatable bonds is 3. The molecule has 2 nitrogen and oxygen atoms in total. The lowest BCUT2D eigenvalue weighted by Crippen LogP contribution is -1.91. The Hall–Kier alpha value is -1.41. The molecule has 0 unspecified atom stereocenters. The van der Waals surface area contributed by atoms with E-state index < -0.39 is 0 Å². The van der Waals surface area contributed by atoms with Crippen LogP contribution in [0.5, 0.6) is 0 Å². The lowest BCUT2D eigenvalue weighted by atomic mass is 10.1. The van der Waals surface area contributed by atoms with Crippen LogP contribution in [0.2, 0.25) is 0 Å². The van der Waals surface area contributed by atoms with Crippen molar-refractivity contribution in [1.29, 1.82) is 0 Å². The van der Waals surface area contributed by atoms with Crippen LogP contribution in [0.25, 0.3) is 6.08 Å². The van der Waals surface area contributed by atoms with E-state index in [-0.39, 0.29) is 5.78 Å². The van der Waals surface area contributed by atoms with E-state index in [1.807, 2.05) is 30.4 Å². The summed E-state index contributed by atoms with van der Waals surface area (Å²) in [6, 6.07) is 6.06. The number of aryl methyl sites for hydroxylation is 1. The van der Waals surface area contributed by atoms with E-state index in [2.05, 4.69) is 0 Å². The Bertz CT molecular complexity index is 405. The van der Waals surface area contributed by atoms with Crippen molar-refractivity contribution < 1.29 is 9.53 Å². The number of Topliss-reactive ketones (excluding diaryl/α,β-unsaturated/α-hetero) is 1. The van der Waals surface area contributed by atoms with Gasteiger partial charge in [0.2, 0.25) is 0 Å². The smallest absolute Gasteiger partial charge is 0.163 e. The highest BCUT2D eigenvalue weighted by Crippen LogP contribution is 2.23. The van der Waals surface area contributed by atoms with Crippen LogP contribution in [0.3, 0.4) is 0 Å². The van der Waals surface area contributed by atoms with E-state index in [0.717, 1.165) is 17.5 Å². The van der Waals surface area contributed by atoms with Gasteiger partial charge in [-0.3, -0.25) is 4.79 Å². The van der Waals surface area contributed by atoms with E-state index in [1.165, 1.54) is 5.56 Å². The third kappa shape index (κ3) is 2.16. The van der Waals surface area contributed by atoms with E-state index in [9.17, 15) is 4.79 Å². The van der Waals surface area contributed by atoms with Gasteiger partial charge in [-0.1, -0.05) is 24.3 Å². The van der Waals surface area contributed by atoms with Crippen molar-refractivity contribution in [2.45, 2.75) is 12.8 Å². The standard InChI is InChI=1S/C13H14O2/c1-15-8-2-3-10-4-5-11-6-7-13(14)12(11)9-10/h2-5,9H,6-8H2,1H3. The molecule has 2 heteroatoms. The molecule has 0 atom stereocenters. The highest BCUT2D eigenvalue weighted by molar-refractivity contribution is 6.00. The second-order valence-corrected chi connectivity index (χ2v) is 3.70. The molecule has 1 aliphatic rings. The fourth-order valence-electron chi connectivity index (χ4n) is 1.84. The zero-order valence-electron chi connectivity index (χ0n) is 8.82. The number of ether oxygens (including phenoxy) is 1. The molecule has 0 aromatic heterocycles. The van der Waals surface area contributed by atoms with Gasteiger partial charge in [0.05, 0.1) is 6.61 Å². The van der Waals surface area contributed by atoms with Crippen molar-refractivity contribution in [3.05, 3.63) is 41.0 Å². The third-order valence-corrected chi connectivity index (χ3v) is 2.63. The van der Waals surface area contributed by atoms with Gasteiger partial charge in [-0.2, -0.15) is 0 Å².